The minimum Gasteiger partial charge on any atom is -0.357 e. The number of fused-ring (bicyclic) bond motifs is 2. The molecule has 124 valence electrons. The number of aromatic amines is 1. The molecule has 1 aromatic carbocycles. The molecule has 0 amide bonds. The fourth-order valence-corrected chi connectivity index (χ4v) is 3.63. The number of nitrogens with zero attached hydrogens (tertiary/aromatic N) is 3. The number of H-pyrrole nitrogens is 1. The van der Waals surface area contributed by atoms with Gasteiger partial charge in [0.1, 0.15) is 0 Å². The Morgan fingerprint density at radius 2 is 2.12 bits per heavy atom. The van der Waals surface area contributed by atoms with E-state index in [4.69, 9.17) is 0 Å². The molecule has 7 heteroatoms. The van der Waals surface area contributed by atoms with Crippen LogP contribution in [0.2, 0.25) is 0 Å². The van der Waals surface area contributed by atoms with Gasteiger partial charge in [-0.15, -0.1) is 0 Å². The molecule has 0 fully saturated rings. The van der Waals surface area contributed by atoms with Crippen LogP contribution in [0.15, 0.2) is 41.7 Å². The highest BCUT2D eigenvalue weighted by molar-refractivity contribution is 7.90. The van der Waals surface area contributed by atoms with Gasteiger partial charge in [0, 0.05) is 43.3 Å². The third-order valence-electron chi connectivity index (χ3n) is 4.31. The van der Waals surface area contributed by atoms with Crippen LogP contribution < -0.4 is 0 Å². The fraction of sp³-hybridized carbons (Fsp3) is 0.294. The van der Waals surface area contributed by atoms with E-state index in [9.17, 15) is 8.42 Å². The van der Waals surface area contributed by atoms with Crippen molar-refractivity contribution in [3.63, 3.8) is 0 Å². The van der Waals surface area contributed by atoms with Crippen LogP contribution in [0.5, 0.6) is 0 Å². The minimum atomic E-state index is -3.38. The molecule has 1 aliphatic heterocycles. The van der Waals surface area contributed by atoms with Crippen LogP contribution in [0.1, 0.15) is 17.0 Å². The summed E-state index contributed by atoms with van der Waals surface area (Å²) in [5.41, 5.74) is 4.13. The average Bonchev–Trinajstić information content (AvgIpc) is 2.95. The maximum atomic E-state index is 11.6. The monoisotopic (exact) mass is 342 g/mol. The van der Waals surface area contributed by atoms with E-state index in [0.717, 1.165) is 48.2 Å². The number of para-hydroxylation sites is 1. The average molecular weight is 342 g/mol. The number of sulfone groups is 1. The van der Waals surface area contributed by atoms with E-state index in [1.54, 1.807) is 6.20 Å². The summed E-state index contributed by atoms with van der Waals surface area (Å²) in [6.45, 7) is 2.33. The lowest BCUT2D eigenvalue weighted by Gasteiger charge is -2.27. The molecule has 0 unspecified atom stereocenters. The number of benzene rings is 1. The standard InChI is InChI=1S/C17H18N4O2S/c1-24(22,23)17-18-9-13-6-7-21(11-16(13)20-17)10-14-8-12-4-2-3-5-15(12)19-14/h2-5,8-9,19H,6-7,10-11H2,1H3. The smallest absolute Gasteiger partial charge is 0.247 e. The molecule has 3 aromatic rings. The van der Waals surface area contributed by atoms with Gasteiger partial charge in [-0.3, -0.25) is 4.90 Å². The number of nitrogens with one attached hydrogen (secondary N) is 1. The summed E-state index contributed by atoms with van der Waals surface area (Å²) in [5, 5.41) is 1.11. The molecule has 2 aromatic heterocycles. The van der Waals surface area contributed by atoms with E-state index in [-0.39, 0.29) is 5.16 Å². The highest BCUT2D eigenvalue weighted by Gasteiger charge is 2.21. The highest BCUT2D eigenvalue weighted by atomic mass is 32.2. The Morgan fingerprint density at radius 3 is 2.92 bits per heavy atom. The third kappa shape index (κ3) is 2.92. The lowest BCUT2D eigenvalue weighted by atomic mass is 10.1. The van der Waals surface area contributed by atoms with Crippen molar-refractivity contribution < 1.29 is 8.42 Å². The van der Waals surface area contributed by atoms with Crippen molar-refractivity contribution in [1.29, 1.82) is 0 Å². The Morgan fingerprint density at radius 1 is 1.29 bits per heavy atom. The summed E-state index contributed by atoms with van der Waals surface area (Å²) < 4.78 is 23.3. The van der Waals surface area contributed by atoms with Gasteiger partial charge in [-0.1, -0.05) is 18.2 Å². The van der Waals surface area contributed by atoms with Gasteiger partial charge in [-0.25, -0.2) is 18.4 Å². The van der Waals surface area contributed by atoms with Gasteiger partial charge in [0.2, 0.25) is 15.0 Å². The van der Waals surface area contributed by atoms with Gasteiger partial charge in [0.25, 0.3) is 0 Å². The zero-order valence-corrected chi connectivity index (χ0v) is 14.2. The maximum absolute atomic E-state index is 11.6. The second-order valence-electron chi connectivity index (χ2n) is 6.24. The molecule has 0 atom stereocenters. The fourth-order valence-electron chi connectivity index (χ4n) is 3.11. The van der Waals surface area contributed by atoms with E-state index in [1.807, 2.05) is 12.1 Å². The predicted molar refractivity (Wildman–Crippen MR) is 91.3 cm³/mol. The molecule has 1 aliphatic rings. The lowest BCUT2D eigenvalue weighted by Crippen LogP contribution is -2.31. The van der Waals surface area contributed by atoms with Crippen molar-refractivity contribution in [2.24, 2.45) is 0 Å². The summed E-state index contributed by atoms with van der Waals surface area (Å²) in [7, 11) is -3.38. The summed E-state index contributed by atoms with van der Waals surface area (Å²) >= 11 is 0. The summed E-state index contributed by atoms with van der Waals surface area (Å²) in [6.07, 6.45) is 3.62. The maximum Gasteiger partial charge on any atom is 0.247 e. The Hall–Kier alpha value is -2.25. The van der Waals surface area contributed by atoms with E-state index in [2.05, 4.69) is 38.1 Å². The molecule has 0 saturated heterocycles. The van der Waals surface area contributed by atoms with Crippen LogP contribution in [0.25, 0.3) is 10.9 Å². The van der Waals surface area contributed by atoms with Crippen LogP contribution >= 0.6 is 0 Å². The van der Waals surface area contributed by atoms with E-state index < -0.39 is 9.84 Å². The number of hydrogen-bond donors (Lipinski definition) is 1. The Labute approximate surface area is 140 Å². The minimum absolute atomic E-state index is 0.0892. The first-order valence-electron chi connectivity index (χ1n) is 7.83. The SMILES string of the molecule is CS(=O)(=O)c1ncc2c(n1)CN(Cc1cc3ccccc3[nH]1)CC2. The molecule has 0 saturated carbocycles. The molecular weight excluding hydrogens is 324 g/mol. The highest BCUT2D eigenvalue weighted by Crippen LogP contribution is 2.21. The third-order valence-corrected chi connectivity index (χ3v) is 5.17. The van der Waals surface area contributed by atoms with Crippen LogP contribution in [-0.2, 0) is 29.3 Å². The van der Waals surface area contributed by atoms with E-state index >= 15 is 0 Å². The summed E-state index contributed by atoms with van der Waals surface area (Å²) in [5.74, 6) is 0. The molecule has 24 heavy (non-hydrogen) atoms. The second-order valence-corrected chi connectivity index (χ2v) is 8.15. The Bertz CT molecular complexity index is 977. The van der Waals surface area contributed by atoms with Gasteiger partial charge in [-0.05, 0) is 29.5 Å². The van der Waals surface area contributed by atoms with E-state index in [1.165, 1.54) is 5.39 Å². The van der Waals surface area contributed by atoms with Crippen LogP contribution in [0, 0.1) is 0 Å². The Kier molecular flexibility index (Phi) is 3.62. The summed E-state index contributed by atoms with van der Waals surface area (Å²) in [6, 6.07) is 10.4. The molecule has 4 rings (SSSR count). The van der Waals surface area contributed by atoms with Crippen molar-refractivity contribution >= 4 is 20.7 Å². The number of rotatable bonds is 3. The van der Waals surface area contributed by atoms with E-state index in [0.29, 0.717) is 6.54 Å². The van der Waals surface area contributed by atoms with Crippen LogP contribution in [0.4, 0.5) is 0 Å². The van der Waals surface area contributed by atoms with Gasteiger partial charge < -0.3 is 4.98 Å². The molecule has 1 N–H and O–H groups in total. The number of hydrogen-bond acceptors (Lipinski definition) is 5. The van der Waals surface area contributed by atoms with Gasteiger partial charge in [0.05, 0.1) is 5.69 Å². The largest absolute Gasteiger partial charge is 0.357 e. The molecule has 0 bridgehead atoms. The van der Waals surface area contributed by atoms with Crippen molar-refractivity contribution in [3.05, 3.63) is 53.5 Å². The van der Waals surface area contributed by atoms with Crippen molar-refractivity contribution in [3.8, 4) is 0 Å². The molecule has 0 radical (unpaired) electrons. The molecule has 3 heterocycles. The molecule has 0 spiro atoms. The Balaban J connectivity index is 1.57. The van der Waals surface area contributed by atoms with Crippen molar-refractivity contribution in [2.75, 3.05) is 12.8 Å². The van der Waals surface area contributed by atoms with Gasteiger partial charge >= 0.3 is 0 Å². The first kappa shape index (κ1) is 15.3. The topological polar surface area (TPSA) is 79.0 Å². The quantitative estimate of drug-likeness (QED) is 0.736. The summed E-state index contributed by atoms with van der Waals surface area (Å²) in [4.78, 5) is 13.9. The lowest BCUT2D eigenvalue weighted by molar-refractivity contribution is 0.237. The molecule has 0 aliphatic carbocycles. The van der Waals surface area contributed by atoms with Crippen molar-refractivity contribution in [1.82, 2.24) is 19.9 Å². The second kappa shape index (κ2) is 5.68. The van der Waals surface area contributed by atoms with Gasteiger partial charge in [-0.2, -0.15) is 0 Å². The normalized spacial score (nSPS) is 15.5. The van der Waals surface area contributed by atoms with Crippen molar-refractivity contribution in [2.45, 2.75) is 24.7 Å². The van der Waals surface area contributed by atoms with Crippen LogP contribution in [-0.4, -0.2) is 41.1 Å². The van der Waals surface area contributed by atoms with Crippen LogP contribution in [0.3, 0.4) is 0 Å². The first-order valence-corrected chi connectivity index (χ1v) is 9.72. The zero-order chi connectivity index (χ0) is 16.7. The first-order chi connectivity index (χ1) is 11.5. The zero-order valence-electron chi connectivity index (χ0n) is 13.4. The number of aromatic nitrogens is 3. The molecule has 6 nitrogen and oxygen atoms in total. The molecular formula is C17H18N4O2S. The van der Waals surface area contributed by atoms with Gasteiger partial charge in [0.15, 0.2) is 0 Å². The predicted octanol–water partition coefficient (Wildman–Crippen LogP) is 1.92.